The number of ether oxygens (including phenoxy) is 3. The van der Waals surface area contributed by atoms with Crippen LogP contribution in [0.1, 0.15) is 11.1 Å². The fourth-order valence-electron chi connectivity index (χ4n) is 4.02. The first-order valence-electron chi connectivity index (χ1n) is 10.4. The van der Waals surface area contributed by atoms with Gasteiger partial charge in [0.1, 0.15) is 23.1 Å². The van der Waals surface area contributed by atoms with Crippen molar-refractivity contribution < 1.29 is 19.3 Å². The average molecular weight is 449 g/mol. The molecule has 1 N–H and O–H groups in total. The van der Waals surface area contributed by atoms with Crippen LogP contribution in [0.3, 0.4) is 0 Å². The molecule has 0 aliphatic carbocycles. The van der Waals surface area contributed by atoms with Crippen LogP contribution in [-0.4, -0.2) is 42.4 Å². The standard InChI is InChI=1S/C25H24N2O4S/c1-29-19-9-16(10-20(13-19)30-2)14-27-7-8-31-24-18(15-27)11-17(12-22(24)28)25-26-21-5-3-4-6-23(21)32-25/h3-6,9-13,28H,7-8,14-15H2,1-2H3. The van der Waals surface area contributed by atoms with Gasteiger partial charge in [-0.25, -0.2) is 4.98 Å². The molecule has 0 saturated carbocycles. The molecule has 0 amide bonds. The molecule has 6 nitrogen and oxygen atoms in total. The Labute approximate surface area is 190 Å². The van der Waals surface area contributed by atoms with Crippen LogP contribution in [-0.2, 0) is 13.1 Å². The second-order valence-electron chi connectivity index (χ2n) is 7.75. The molecule has 7 heteroatoms. The predicted molar refractivity (Wildman–Crippen MR) is 126 cm³/mol. The van der Waals surface area contributed by atoms with E-state index in [2.05, 4.69) is 17.0 Å². The predicted octanol–water partition coefficient (Wildman–Crippen LogP) is 5.08. The maximum absolute atomic E-state index is 10.7. The Hall–Kier alpha value is -3.29. The number of hydrogen-bond acceptors (Lipinski definition) is 7. The summed E-state index contributed by atoms with van der Waals surface area (Å²) in [6, 6.07) is 17.8. The second-order valence-corrected chi connectivity index (χ2v) is 8.78. The van der Waals surface area contributed by atoms with Gasteiger partial charge < -0.3 is 19.3 Å². The van der Waals surface area contributed by atoms with Gasteiger partial charge >= 0.3 is 0 Å². The summed E-state index contributed by atoms with van der Waals surface area (Å²) in [7, 11) is 3.31. The molecule has 0 atom stereocenters. The molecule has 5 rings (SSSR count). The molecule has 0 bridgehead atoms. The maximum atomic E-state index is 10.7. The summed E-state index contributed by atoms with van der Waals surface area (Å²) < 4.78 is 17.9. The van der Waals surface area contributed by atoms with Crippen LogP contribution < -0.4 is 14.2 Å². The molecule has 0 spiro atoms. The van der Waals surface area contributed by atoms with E-state index in [-0.39, 0.29) is 5.75 Å². The maximum Gasteiger partial charge on any atom is 0.165 e. The van der Waals surface area contributed by atoms with E-state index < -0.39 is 0 Å². The van der Waals surface area contributed by atoms with E-state index in [1.165, 1.54) is 0 Å². The molecule has 2 heterocycles. The molecule has 32 heavy (non-hydrogen) atoms. The van der Waals surface area contributed by atoms with E-state index in [0.717, 1.165) is 50.0 Å². The minimum atomic E-state index is 0.154. The molecule has 4 aromatic rings. The van der Waals surface area contributed by atoms with Crippen molar-refractivity contribution in [3.63, 3.8) is 0 Å². The van der Waals surface area contributed by atoms with Gasteiger partial charge in [0.15, 0.2) is 11.5 Å². The summed E-state index contributed by atoms with van der Waals surface area (Å²) in [5, 5.41) is 11.6. The monoisotopic (exact) mass is 448 g/mol. The van der Waals surface area contributed by atoms with Crippen molar-refractivity contribution in [2.45, 2.75) is 13.1 Å². The van der Waals surface area contributed by atoms with Gasteiger partial charge in [0, 0.05) is 36.8 Å². The van der Waals surface area contributed by atoms with Crippen LogP contribution in [0.5, 0.6) is 23.0 Å². The molecule has 0 saturated heterocycles. The van der Waals surface area contributed by atoms with Gasteiger partial charge in [0.05, 0.1) is 24.4 Å². The number of para-hydroxylation sites is 1. The van der Waals surface area contributed by atoms with Gasteiger partial charge in [0.2, 0.25) is 0 Å². The number of fused-ring (bicyclic) bond motifs is 2. The van der Waals surface area contributed by atoms with Gasteiger partial charge in [-0.05, 0) is 42.0 Å². The Kier molecular flexibility index (Phi) is 5.59. The van der Waals surface area contributed by atoms with Gasteiger partial charge in [0.25, 0.3) is 0 Å². The van der Waals surface area contributed by atoms with Crippen molar-refractivity contribution in [1.82, 2.24) is 9.88 Å². The number of phenolic OH excluding ortho intramolecular Hbond substituents is 1. The highest BCUT2D eigenvalue weighted by Crippen LogP contribution is 2.40. The van der Waals surface area contributed by atoms with Gasteiger partial charge in [-0.15, -0.1) is 11.3 Å². The zero-order valence-electron chi connectivity index (χ0n) is 18.0. The molecule has 0 unspecified atom stereocenters. The summed E-state index contributed by atoms with van der Waals surface area (Å²) in [4.78, 5) is 7.04. The number of thiazole rings is 1. The van der Waals surface area contributed by atoms with Crippen molar-refractivity contribution in [1.29, 1.82) is 0 Å². The Morgan fingerprint density at radius 1 is 1.06 bits per heavy atom. The topological polar surface area (TPSA) is 64.1 Å². The Morgan fingerprint density at radius 2 is 1.84 bits per heavy atom. The van der Waals surface area contributed by atoms with Crippen molar-refractivity contribution >= 4 is 21.6 Å². The van der Waals surface area contributed by atoms with Crippen LogP contribution in [0.15, 0.2) is 54.6 Å². The van der Waals surface area contributed by atoms with E-state index in [1.54, 1.807) is 31.6 Å². The van der Waals surface area contributed by atoms with E-state index in [9.17, 15) is 5.11 Å². The van der Waals surface area contributed by atoms with Gasteiger partial charge in [-0.1, -0.05) is 12.1 Å². The van der Waals surface area contributed by atoms with E-state index >= 15 is 0 Å². The zero-order valence-corrected chi connectivity index (χ0v) is 18.8. The number of aromatic nitrogens is 1. The van der Waals surface area contributed by atoms with Crippen molar-refractivity contribution in [3.05, 3.63) is 65.7 Å². The lowest BCUT2D eigenvalue weighted by Crippen LogP contribution is -2.25. The summed E-state index contributed by atoms with van der Waals surface area (Å²) in [6.07, 6.45) is 0. The van der Waals surface area contributed by atoms with E-state index in [4.69, 9.17) is 19.2 Å². The number of rotatable bonds is 5. The van der Waals surface area contributed by atoms with Crippen LogP contribution in [0.4, 0.5) is 0 Å². The fraction of sp³-hybridized carbons (Fsp3) is 0.240. The first kappa shape index (κ1) is 20.6. The molecule has 0 fully saturated rings. The van der Waals surface area contributed by atoms with Crippen molar-refractivity contribution in [3.8, 4) is 33.6 Å². The number of phenols is 1. The quantitative estimate of drug-likeness (QED) is 0.459. The second kappa shape index (κ2) is 8.68. The number of hydrogen-bond donors (Lipinski definition) is 1. The van der Waals surface area contributed by atoms with Crippen molar-refractivity contribution in [2.75, 3.05) is 27.4 Å². The molecule has 0 radical (unpaired) electrons. The molecular weight excluding hydrogens is 424 g/mol. The third kappa shape index (κ3) is 4.09. The molecule has 3 aromatic carbocycles. The van der Waals surface area contributed by atoms with Gasteiger partial charge in [-0.2, -0.15) is 0 Å². The lowest BCUT2D eigenvalue weighted by Gasteiger charge is -2.20. The highest BCUT2D eigenvalue weighted by atomic mass is 32.1. The van der Waals surface area contributed by atoms with E-state index in [0.29, 0.717) is 25.4 Å². The summed E-state index contributed by atoms with van der Waals surface area (Å²) >= 11 is 1.62. The van der Waals surface area contributed by atoms with Crippen LogP contribution in [0.25, 0.3) is 20.8 Å². The summed E-state index contributed by atoms with van der Waals surface area (Å²) in [5.41, 5.74) is 3.91. The Balaban J connectivity index is 1.45. The van der Waals surface area contributed by atoms with Gasteiger partial charge in [-0.3, -0.25) is 4.90 Å². The third-order valence-electron chi connectivity index (χ3n) is 5.55. The number of aromatic hydroxyl groups is 1. The summed E-state index contributed by atoms with van der Waals surface area (Å²) in [6.45, 7) is 2.61. The fourth-order valence-corrected chi connectivity index (χ4v) is 4.98. The molecule has 164 valence electrons. The third-order valence-corrected chi connectivity index (χ3v) is 6.64. The number of methoxy groups -OCH3 is 2. The molecule has 1 aliphatic heterocycles. The van der Waals surface area contributed by atoms with E-state index in [1.807, 2.05) is 36.4 Å². The molecule has 1 aliphatic rings. The van der Waals surface area contributed by atoms with Crippen LogP contribution >= 0.6 is 11.3 Å². The first-order chi connectivity index (χ1) is 15.6. The van der Waals surface area contributed by atoms with Crippen LogP contribution in [0, 0.1) is 0 Å². The first-order valence-corrected chi connectivity index (χ1v) is 11.2. The zero-order chi connectivity index (χ0) is 22.1. The normalized spacial score (nSPS) is 13.9. The Morgan fingerprint density at radius 3 is 2.59 bits per heavy atom. The lowest BCUT2D eigenvalue weighted by atomic mass is 10.1. The minimum Gasteiger partial charge on any atom is -0.504 e. The molecule has 1 aromatic heterocycles. The lowest BCUT2D eigenvalue weighted by molar-refractivity contribution is 0.217. The highest BCUT2D eigenvalue weighted by molar-refractivity contribution is 7.21. The number of benzene rings is 3. The minimum absolute atomic E-state index is 0.154. The van der Waals surface area contributed by atoms with Crippen molar-refractivity contribution in [2.24, 2.45) is 0 Å². The smallest absolute Gasteiger partial charge is 0.165 e. The Bertz CT molecular complexity index is 1220. The highest BCUT2D eigenvalue weighted by Gasteiger charge is 2.21. The number of nitrogens with zero attached hydrogens (tertiary/aromatic N) is 2. The largest absolute Gasteiger partial charge is 0.504 e. The summed E-state index contributed by atoms with van der Waals surface area (Å²) in [5.74, 6) is 2.24. The molecular formula is C25H24N2O4S. The SMILES string of the molecule is COc1cc(CN2CCOc3c(O)cc(-c4nc5ccccc5s4)cc3C2)cc(OC)c1. The van der Waals surface area contributed by atoms with Crippen LogP contribution in [0.2, 0.25) is 0 Å². The average Bonchev–Trinajstić information content (AvgIpc) is 3.14.